The summed E-state index contributed by atoms with van der Waals surface area (Å²) in [7, 11) is 0. The second kappa shape index (κ2) is 3.33. The molecule has 1 aliphatic rings. The van der Waals surface area contributed by atoms with Crippen LogP contribution in [-0.2, 0) is 5.60 Å². The summed E-state index contributed by atoms with van der Waals surface area (Å²) in [6.45, 7) is 2.10. The van der Waals surface area contributed by atoms with Gasteiger partial charge in [0, 0.05) is 0 Å². The van der Waals surface area contributed by atoms with Crippen molar-refractivity contribution in [3.05, 3.63) is 47.5 Å². The van der Waals surface area contributed by atoms with Gasteiger partial charge >= 0.3 is 0 Å². The fraction of sp³-hybridized carbons (Fsp3) is 0.333. The fourth-order valence-electron chi connectivity index (χ4n) is 2.76. The third-order valence-corrected chi connectivity index (χ3v) is 3.78. The summed E-state index contributed by atoms with van der Waals surface area (Å²) in [6.07, 6.45) is 2.95. The largest absolute Gasteiger partial charge is 0.385 e. The lowest BCUT2D eigenvalue weighted by atomic mass is 9.72. The Balaban J connectivity index is 2.32. The first-order valence-electron chi connectivity index (χ1n) is 5.92. The Hall–Kier alpha value is -1.34. The maximum Gasteiger partial charge on any atom is 0.0905 e. The van der Waals surface area contributed by atoms with Crippen molar-refractivity contribution in [3.8, 4) is 0 Å². The van der Waals surface area contributed by atoms with Crippen LogP contribution in [0.4, 0.5) is 0 Å². The molecule has 0 radical (unpaired) electrons. The van der Waals surface area contributed by atoms with Gasteiger partial charge in [-0.1, -0.05) is 36.4 Å². The average molecular weight is 212 g/mol. The summed E-state index contributed by atoms with van der Waals surface area (Å²) in [5.41, 5.74) is 1.79. The number of hydrogen-bond donors (Lipinski definition) is 1. The van der Waals surface area contributed by atoms with Crippen LogP contribution in [0.3, 0.4) is 0 Å². The predicted octanol–water partition coefficient (Wildman–Crippen LogP) is 3.52. The van der Waals surface area contributed by atoms with Gasteiger partial charge in [0.25, 0.3) is 0 Å². The first-order valence-corrected chi connectivity index (χ1v) is 5.92. The van der Waals surface area contributed by atoms with Crippen LogP contribution in [0.15, 0.2) is 36.4 Å². The zero-order valence-electron chi connectivity index (χ0n) is 9.53. The van der Waals surface area contributed by atoms with Crippen LogP contribution in [0.25, 0.3) is 10.8 Å². The maximum absolute atomic E-state index is 10.6. The van der Waals surface area contributed by atoms with Gasteiger partial charge in [0.15, 0.2) is 0 Å². The number of benzene rings is 2. The second-order valence-electron chi connectivity index (χ2n) is 4.86. The average Bonchev–Trinajstić information content (AvgIpc) is 2.26. The molecular formula is C15H16O. The normalized spacial score (nSPS) is 18.4. The minimum Gasteiger partial charge on any atom is -0.385 e. The third-order valence-electron chi connectivity index (χ3n) is 3.78. The van der Waals surface area contributed by atoms with Gasteiger partial charge in [-0.2, -0.15) is 0 Å². The van der Waals surface area contributed by atoms with Crippen molar-refractivity contribution in [1.29, 1.82) is 0 Å². The van der Waals surface area contributed by atoms with Crippen LogP contribution >= 0.6 is 0 Å². The molecule has 0 heterocycles. The number of rotatable bonds is 1. The van der Waals surface area contributed by atoms with Gasteiger partial charge in [-0.15, -0.1) is 0 Å². The van der Waals surface area contributed by atoms with Gasteiger partial charge in [-0.3, -0.25) is 0 Å². The van der Waals surface area contributed by atoms with E-state index in [4.69, 9.17) is 0 Å². The highest BCUT2D eigenvalue weighted by Crippen LogP contribution is 2.45. The lowest BCUT2D eigenvalue weighted by Gasteiger charge is -2.39. The topological polar surface area (TPSA) is 20.2 Å². The first kappa shape index (κ1) is 9.86. The van der Waals surface area contributed by atoms with Crippen molar-refractivity contribution in [2.24, 2.45) is 0 Å². The van der Waals surface area contributed by atoms with Crippen LogP contribution in [0.5, 0.6) is 0 Å². The number of fused-ring (bicyclic) bond motifs is 1. The van der Waals surface area contributed by atoms with Crippen LogP contribution in [0.1, 0.15) is 30.4 Å². The minimum atomic E-state index is -0.565. The summed E-state index contributed by atoms with van der Waals surface area (Å²) < 4.78 is 0. The molecule has 0 aliphatic heterocycles. The fourth-order valence-corrected chi connectivity index (χ4v) is 2.76. The zero-order chi connectivity index (χ0) is 11.2. The van der Waals surface area contributed by atoms with Crippen molar-refractivity contribution in [1.82, 2.24) is 0 Å². The van der Waals surface area contributed by atoms with E-state index in [1.165, 1.54) is 16.3 Å². The molecule has 82 valence electrons. The second-order valence-corrected chi connectivity index (χ2v) is 4.86. The lowest BCUT2D eigenvalue weighted by molar-refractivity contribution is -0.0379. The van der Waals surface area contributed by atoms with Crippen molar-refractivity contribution in [2.75, 3.05) is 0 Å². The molecular weight excluding hydrogens is 196 g/mol. The van der Waals surface area contributed by atoms with E-state index < -0.39 is 5.60 Å². The molecule has 2 aromatic carbocycles. The van der Waals surface area contributed by atoms with E-state index in [1.807, 2.05) is 12.1 Å². The monoisotopic (exact) mass is 212 g/mol. The number of hydrogen-bond acceptors (Lipinski definition) is 1. The molecule has 0 aromatic heterocycles. The molecule has 1 saturated carbocycles. The number of aryl methyl sites for hydroxylation is 1. The van der Waals surface area contributed by atoms with Gasteiger partial charge in [-0.05, 0) is 48.1 Å². The Labute approximate surface area is 95.7 Å². The molecule has 0 spiro atoms. The predicted molar refractivity (Wildman–Crippen MR) is 66.4 cm³/mol. The standard InChI is InChI=1S/C15H16O/c1-11-7-8-12-5-2-3-6-13(12)14(11)15(16)9-4-10-15/h2-3,5-8,16H,4,9-10H2,1H3. The molecule has 1 aliphatic carbocycles. The Morgan fingerprint density at radius 2 is 1.81 bits per heavy atom. The zero-order valence-corrected chi connectivity index (χ0v) is 9.53. The minimum absolute atomic E-state index is 0.565. The lowest BCUT2D eigenvalue weighted by Crippen LogP contribution is -2.34. The highest BCUT2D eigenvalue weighted by molar-refractivity contribution is 5.87. The molecule has 0 unspecified atom stereocenters. The van der Waals surface area contributed by atoms with Crippen LogP contribution < -0.4 is 0 Å². The van der Waals surface area contributed by atoms with E-state index in [9.17, 15) is 5.11 Å². The molecule has 0 amide bonds. The highest BCUT2D eigenvalue weighted by Gasteiger charge is 2.38. The highest BCUT2D eigenvalue weighted by atomic mass is 16.3. The summed E-state index contributed by atoms with van der Waals surface area (Å²) in [6, 6.07) is 12.6. The molecule has 1 heteroatoms. The van der Waals surface area contributed by atoms with Gasteiger partial charge in [-0.25, -0.2) is 0 Å². The smallest absolute Gasteiger partial charge is 0.0905 e. The van der Waals surface area contributed by atoms with Gasteiger partial charge < -0.3 is 5.11 Å². The van der Waals surface area contributed by atoms with Crippen LogP contribution in [0.2, 0.25) is 0 Å². The first-order chi connectivity index (χ1) is 7.71. The van der Waals surface area contributed by atoms with Gasteiger partial charge in [0.1, 0.15) is 0 Å². The molecule has 3 rings (SSSR count). The molecule has 0 saturated heterocycles. The van der Waals surface area contributed by atoms with Crippen LogP contribution in [0, 0.1) is 6.92 Å². The Morgan fingerprint density at radius 3 is 2.50 bits per heavy atom. The van der Waals surface area contributed by atoms with E-state index in [0.29, 0.717) is 0 Å². The summed E-state index contributed by atoms with van der Waals surface area (Å²) in [4.78, 5) is 0. The van der Waals surface area contributed by atoms with Crippen LogP contribution in [-0.4, -0.2) is 5.11 Å². The molecule has 2 aromatic rings. The quantitative estimate of drug-likeness (QED) is 0.766. The van der Waals surface area contributed by atoms with Crippen molar-refractivity contribution in [3.63, 3.8) is 0 Å². The van der Waals surface area contributed by atoms with Gasteiger partial charge in [0.2, 0.25) is 0 Å². The Kier molecular flexibility index (Phi) is 2.05. The molecule has 1 N–H and O–H groups in total. The third kappa shape index (κ3) is 1.28. The summed E-state index contributed by atoms with van der Waals surface area (Å²) >= 11 is 0. The molecule has 1 fully saturated rings. The van der Waals surface area contributed by atoms with E-state index >= 15 is 0 Å². The van der Waals surface area contributed by atoms with Gasteiger partial charge in [0.05, 0.1) is 5.60 Å². The van der Waals surface area contributed by atoms with Crippen molar-refractivity contribution < 1.29 is 5.11 Å². The molecule has 1 nitrogen and oxygen atoms in total. The van der Waals surface area contributed by atoms with E-state index in [-0.39, 0.29) is 0 Å². The summed E-state index contributed by atoms with van der Waals surface area (Å²) in [5, 5.41) is 13.0. The van der Waals surface area contributed by atoms with E-state index in [2.05, 4.69) is 31.2 Å². The van der Waals surface area contributed by atoms with Crippen molar-refractivity contribution in [2.45, 2.75) is 31.8 Å². The van der Waals surface area contributed by atoms with E-state index in [1.54, 1.807) is 0 Å². The molecule has 16 heavy (non-hydrogen) atoms. The Morgan fingerprint density at radius 1 is 1.06 bits per heavy atom. The summed E-state index contributed by atoms with van der Waals surface area (Å²) in [5.74, 6) is 0. The number of aliphatic hydroxyl groups is 1. The maximum atomic E-state index is 10.6. The Bertz CT molecular complexity index is 538. The molecule has 0 atom stereocenters. The van der Waals surface area contributed by atoms with Crippen molar-refractivity contribution >= 4 is 10.8 Å². The van der Waals surface area contributed by atoms with E-state index in [0.717, 1.165) is 24.8 Å². The molecule has 0 bridgehead atoms. The SMILES string of the molecule is Cc1ccc2ccccc2c1C1(O)CCC1.